The molecule has 24 heavy (non-hydrogen) atoms. The number of halogens is 1. The molecule has 2 unspecified atom stereocenters. The van der Waals surface area contributed by atoms with Crippen LogP contribution in [0.2, 0.25) is 0 Å². The van der Waals surface area contributed by atoms with Crippen molar-refractivity contribution in [3.63, 3.8) is 0 Å². The van der Waals surface area contributed by atoms with Gasteiger partial charge in [-0.1, -0.05) is 42.5 Å². The second-order valence-electron chi connectivity index (χ2n) is 6.55. The van der Waals surface area contributed by atoms with Crippen molar-refractivity contribution in [3.8, 4) is 0 Å². The van der Waals surface area contributed by atoms with E-state index in [2.05, 4.69) is 30.9 Å². The number of piperazine rings is 1. The van der Waals surface area contributed by atoms with E-state index in [1.54, 1.807) is 23.1 Å². The van der Waals surface area contributed by atoms with Gasteiger partial charge < -0.3 is 4.90 Å². The van der Waals surface area contributed by atoms with Gasteiger partial charge in [-0.15, -0.1) is 0 Å². The zero-order valence-corrected chi connectivity index (χ0v) is 14.2. The average molecular weight is 326 g/mol. The molecule has 0 saturated carbocycles. The van der Waals surface area contributed by atoms with Crippen LogP contribution in [0.25, 0.3) is 0 Å². The maximum Gasteiger partial charge on any atom is 0.256 e. The highest BCUT2D eigenvalue weighted by atomic mass is 19.1. The van der Waals surface area contributed by atoms with E-state index in [0.717, 1.165) is 6.54 Å². The summed E-state index contributed by atoms with van der Waals surface area (Å²) in [5.74, 6) is -0.666. The van der Waals surface area contributed by atoms with Gasteiger partial charge in [-0.05, 0) is 31.5 Å². The van der Waals surface area contributed by atoms with Gasteiger partial charge in [0.25, 0.3) is 5.91 Å². The fourth-order valence-electron chi connectivity index (χ4n) is 3.43. The van der Waals surface area contributed by atoms with Crippen LogP contribution in [0.15, 0.2) is 54.6 Å². The minimum Gasteiger partial charge on any atom is -0.335 e. The van der Waals surface area contributed by atoms with Gasteiger partial charge in [0.1, 0.15) is 5.82 Å². The predicted molar refractivity (Wildman–Crippen MR) is 93.2 cm³/mol. The molecule has 2 atom stereocenters. The highest BCUT2D eigenvalue weighted by Crippen LogP contribution is 2.21. The summed E-state index contributed by atoms with van der Waals surface area (Å²) >= 11 is 0. The molecule has 2 aromatic rings. The molecule has 0 bridgehead atoms. The summed E-state index contributed by atoms with van der Waals surface area (Å²) in [5, 5.41) is 0. The molecular weight excluding hydrogens is 303 g/mol. The summed E-state index contributed by atoms with van der Waals surface area (Å²) in [6, 6.07) is 17.0. The smallest absolute Gasteiger partial charge is 0.256 e. The zero-order chi connectivity index (χ0) is 17.1. The molecule has 1 aliphatic rings. The molecule has 1 fully saturated rings. The zero-order valence-electron chi connectivity index (χ0n) is 14.2. The Kier molecular flexibility index (Phi) is 4.95. The number of hydrogen-bond acceptors (Lipinski definition) is 2. The minimum absolute atomic E-state index is 0.161. The topological polar surface area (TPSA) is 23.6 Å². The Balaban J connectivity index is 1.71. The molecule has 0 spiro atoms. The second kappa shape index (κ2) is 7.14. The maximum atomic E-state index is 13.9. The van der Waals surface area contributed by atoms with Gasteiger partial charge in [0.05, 0.1) is 5.56 Å². The second-order valence-corrected chi connectivity index (χ2v) is 6.55. The van der Waals surface area contributed by atoms with E-state index in [-0.39, 0.29) is 23.6 Å². The summed E-state index contributed by atoms with van der Waals surface area (Å²) in [5.41, 5.74) is 1.43. The molecule has 1 aliphatic heterocycles. The lowest BCUT2D eigenvalue weighted by atomic mass is 10.0. The van der Waals surface area contributed by atoms with E-state index >= 15 is 0 Å². The molecule has 0 aliphatic carbocycles. The van der Waals surface area contributed by atoms with Gasteiger partial charge in [0.15, 0.2) is 0 Å². The molecule has 1 heterocycles. The number of benzene rings is 2. The Hall–Kier alpha value is -2.20. The lowest BCUT2D eigenvalue weighted by Crippen LogP contribution is -2.57. The molecule has 2 aromatic carbocycles. The molecule has 0 radical (unpaired) electrons. The van der Waals surface area contributed by atoms with Crippen LogP contribution in [-0.4, -0.2) is 40.9 Å². The highest BCUT2D eigenvalue weighted by Gasteiger charge is 2.32. The first-order chi connectivity index (χ1) is 11.6. The fraction of sp³-hybridized carbons (Fsp3) is 0.350. The third-order valence-electron chi connectivity index (χ3n) is 4.70. The normalized spacial score (nSPS) is 21.7. The van der Waals surface area contributed by atoms with Crippen LogP contribution < -0.4 is 0 Å². The number of rotatable bonds is 3. The molecule has 126 valence electrons. The largest absolute Gasteiger partial charge is 0.335 e. The van der Waals surface area contributed by atoms with E-state index in [1.165, 1.54) is 11.6 Å². The third-order valence-corrected chi connectivity index (χ3v) is 4.70. The Morgan fingerprint density at radius 2 is 1.58 bits per heavy atom. The minimum atomic E-state index is -0.450. The van der Waals surface area contributed by atoms with Gasteiger partial charge in [-0.3, -0.25) is 9.69 Å². The van der Waals surface area contributed by atoms with Crippen molar-refractivity contribution in [2.75, 3.05) is 13.1 Å². The van der Waals surface area contributed by atoms with Crippen LogP contribution in [0.4, 0.5) is 4.39 Å². The van der Waals surface area contributed by atoms with Gasteiger partial charge in [-0.25, -0.2) is 4.39 Å². The first-order valence-electron chi connectivity index (χ1n) is 8.39. The number of hydrogen-bond donors (Lipinski definition) is 0. The van der Waals surface area contributed by atoms with Crippen molar-refractivity contribution in [1.29, 1.82) is 0 Å². The van der Waals surface area contributed by atoms with Crippen molar-refractivity contribution >= 4 is 5.91 Å². The summed E-state index contributed by atoms with van der Waals surface area (Å²) in [4.78, 5) is 16.8. The number of nitrogens with zero attached hydrogens (tertiary/aromatic N) is 2. The standard InChI is InChI=1S/C20H23FN2O/c1-15-12-22(20(24)18-10-6-7-11-19(18)21)13-16(2)23(15)14-17-8-4-3-5-9-17/h3-11,15-16H,12-14H2,1-2H3. The molecule has 3 rings (SSSR count). The van der Waals surface area contributed by atoms with Crippen LogP contribution in [0.3, 0.4) is 0 Å². The fourth-order valence-corrected chi connectivity index (χ4v) is 3.43. The molecule has 0 aromatic heterocycles. The SMILES string of the molecule is CC1CN(C(=O)c2ccccc2F)CC(C)N1Cc1ccccc1. The Labute approximate surface area is 142 Å². The van der Waals surface area contributed by atoms with Crippen LogP contribution in [0.5, 0.6) is 0 Å². The first kappa shape index (κ1) is 16.7. The summed E-state index contributed by atoms with van der Waals surface area (Å²) < 4.78 is 13.9. The molecule has 0 N–H and O–H groups in total. The van der Waals surface area contributed by atoms with Crippen LogP contribution in [0, 0.1) is 5.82 Å². The van der Waals surface area contributed by atoms with E-state index in [1.807, 2.05) is 18.2 Å². The van der Waals surface area contributed by atoms with Crippen molar-refractivity contribution in [1.82, 2.24) is 9.80 Å². The van der Waals surface area contributed by atoms with Crippen molar-refractivity contribution in [2.24, 2.45) is 0 Å². The average Bonchev–Trinajstić information content (AvgIpc) is 2.59. The van der Waals surface area contributed by atoms with Gasteiger partial charge >= 0.3 is 0 Å². The number of amides is 1. The summed E-state index contributed by atoms with van der Waals surface area (Å²) in [6.07, 6.45) is 0. The quantitative estimate of drug-likeness (QED) is 0.861. The van der Waals surface area contributed by atoms with Gasteiger partial charge in [0.2, 0.25) is 0 Å². The van der Waals surface area contributed by atoms with Crippen LogP contribution in [-0.2, 0) is 6.54 Å². The van der Waals surface area contributed by atoms with Crippen molar-refractivity contribution in [3.05, 3.63) is 71.5 Å². The van der Waals surface area contributed by atoms with Crippen LogP contribution in [0.1, 0.15) is 29.8 Å². The predicted octanol–water partition coefficient (Wildman–Crippen LogP) is 3.56. The molecule has 1 saturated heterocycles. The van der Waals surface area contributed by atoms with E-state index in [9.17, 15) is 9.18 Å². The lowest BCUT2D eigenvalue weighted by molar-refractivity contribution is 0.0267. The van der Waals surface area contributed by atoms with Crippen LogP contribution >= 0.6 is 0 Å². The first-order valence-corrected chi connectivity index (χ1v) is 8.39. The molecule has 4 heteroatoms. The Morgan fingerprint density at radius 1 is 1.00 bits per heavy atom. The molecule has 1 amide bonds. The van der Waals surface area contributed by atoms with Gasteiger partial charge in [-0.2, -0.15) is 0 Å². The summed E-state index contributed by atoms with van der Waals surface area (Å²) in [6.45, 7) is 6.35. The van der Waals surface area contributed by atoms with E-state index in [4.69, 9.17) is 0 Å². The lowest BCUT2D eigenvalue weighted by Gasteiger charge is -2.44. The number of carbonyl (C=O) groups excluding carboxylic acids is 1. The molecule has 3 nitrogen and oxygen atoms in total. The number of carbonyl (C=O) groups is 1. The Bertz CT molecular complexity index is 692. The maximum absolute atomic E-state index is 13.9. The Morgan fingerprint density at radius 3 is 2.21 bits per heavy atom. The molecular formula is C20H23FN2O. The highest BCUT2D eigenvalue weighted by molar-refractivity contribution is 5.94. The van der Waals surface area contributed by atoms with E-state index < -0.39 is 5.82 Å². The van der Waals surface area contributed by atoms with E-state index in [0.29, 0.717) is 13.1 Å². The van der Waals surface area contributed by atoms with Crippen molar-refractivity contribution < 1.29 is 9.18 Å². The third kappa shape index (κ3) is 3.49. The summed E-state index contributed by atoms with van der Waals surface area (Å²) in [7, 11) is 0. The monoisotopic (exact) mass is 326 g/mol. The van der Waals surface area contributed by atoms with Crippen molar-refractivity contribution in [2.45, 2.75) is 32.5 Å². The van der Waals surface area contributed by atoms with Gasteiger partial charge in [0, 0.05) is 31.7 Å².